The van der Waals surface area contributed by atoms with Crippen LogP contribution in [-0.2, 0) is 23.3 Å². The van der Waals surface area contributed by atoms with E-state index in [9.17, 15) is 0 Å². The fraction of sp³-hybridized carbons (Fsp3) is 1.00. The van der Waals surface area contributed by atoms with E-state index in [1.165, 1.54) is 0 Å². The van der Waals surface area contributed by atoms with Gasteiger partial charge >= 0.3 is 0 Å². The zero-order valence-corrected chi connectivity index (χ0v) is 10.0. The highest BCUT2D eigenvalue weighted by atomic mass is 35.7. The largest absolute Gasteiger partial charge is 0.341 e. The van der Waals surface area contributed by atoms with Gasteiger partial charge in [0.1, 0.15) is 18.3 Å². The molecule has 3 fully saturated rings. The lowest BCUT2D eigenvalue weighted by Crippen LogP contribution is -2.39. The van der Waals surface area contributed by atoms with Gasteiger partial charge in [0.2, 0.25) is 0 Å². The molecule has 3 saturated heterocycles. The molecule has 5 nitrogen and oxygen atoms in total. The Balaban J connectivity index is 1.77. The Morgan fingerprint density at radius 1 is 1.27 bits per heavy atom. The second-order valence-corrected chi connectivity index (χ2v) is 5.94. The molecule has 0 radical (unpaired) electrons. The first-order valence-electron chi connectivity index (χ1n) is 4.82. The Kier molecular flexibility index (Phi) is 2.49. The fourth-order valence-corrected chi connectivity index (χ4v) is 3.28. The van der Waals surface area contributed by atoms with Crippen molar-refractivity contribution >= 4 is 19.0 Å². The van der Waals surface area contributed by atoms with Gasteiger partial charge in [-0.15, -0.1) is 0 Å². The molecule has 86 valence electrons. The van der Waals surface area contributed by atoms with E-state index in [4.69, 9.17) is 34.5 Å². The predicted molar refractivity (Wildman–Crippen MR) is 52.3 cm³/mol. The maximum Gasteiger partial charge on any atom is 0.277 e. The van der Waals surface area contributed by atoms with E-state index in [1.54, 1.807) is 0 Å². The minimum absolute atomic E-state index is 0.131. The monoisotopic (exact) mass is 254 g/mol. The molecule has 3 aliphatic rings. The molecule has 3 heterocycles. The molecule has 0 saturated carbocycles. The molecule has 0 bridgehead atoms. The topological polar surface area (TPSA) is 46.2 Å². The standard InChI is InChI=1S/C8H12ClO5P/c1-8(2)12-6-5-4(11-7(6)13-8)3-10-15(9)14-5/h4-7H,3H2,1-2H3. The Hall–Kier alpha value is 0.520. The van der Waals surface area contributed by atoms with Crippen molar-refractivity contribution in [1.29, 1.82) is 0 Å². The highest BCUT2D eigenvalue weighted by molar-refractivity contribution is 7.76. The molecule has 0 aliphatic carbocycles. The maximum absolute atomic E-state index is 5.81. The summed E-state index contributed by atoms with van der Waals surface area (Å²) in [5.74, 6) is -0.614. The molecule has 0 spiro atoms. The van der Waals surface area contributed by atoms with Crippen molar-refractivity contribution in [3.63, 3.8) is 0 Å². The lowest BCUT2D eigenvalue weighted by molar-refractivity contribution is -0.218. The van der Waals surface area contributed by atoms with Crippen molar-refractivity contribution in [1.82, 2.24) is 0 Å². The molecule has 0 aromatic rings. The minimum Gasteiger partial charge on any atom is -0.341 e. The lowest BCUT2D eigenvalue weighted by Gasteiger charge is -2.30. The SMILES string of the molecule is CC1(C)OC2OC3COP(Cl)OC3C2O1. The van der Waals surface area contributed by atoms with Crippen LogP contribution in [0.2, 0.25) is 0 Å². The summed E-state index contributed by atoms with van der Waals surface area (Å²) in [6.45, 7) is 4.15. The first-order chi connectivity index (χ1) is 7.05. The van der Waals surface area contributed by atoms with Crippen LogP contribution in [0.5, 0.6) is 0 Å². The van der Waals surface area contributed by atoms with Crippen molar-refractivity contribution in [2.75, 3.05) is 6.61 Å². The molecule has 15 heavy (non-hydrogen) atoms. The molecule has 0 aromatic carbocycles. The Bertz CT molecular complexity index is 276. The van der Waals surface area contributed by atoms with Crippen LogP contribution >= 0.6 is 19.0 Å². The first-order valence-corrected chi connectivity index (χ1v) is 6.90. The summed E-state index contributed by atoms with van der Waals surface area (Å²) in [7, 11) is -1.32. The van der Waals surface area contributed by atoms with E-state index in [0.717, 1.165) is 0 Å². The molecule has 0 aromatic heterocycles. The third-order valence-corrected chi connectivity index (χ3v) is 3.93. The smallest absolute Gasteiger partial charge is 0.277 e. The molecule has 3 aliphatic heterocycles. The molecule has 0 N–H and O–H groups in total. The molecule has 5 atom stereocenters. The van der Waals surface area contributed by atoms with Crippen molar-refractivity contribution in [3.8, 4) is 0 Å². The zero-order valence-electron chi connectivity index (χ0n) is 8.38. The van der Waals surface area contributed by atoms with Crippen LogP contribution in [0.3, 0.4) is 0 Å². The van der Waals surface area contributed by atoms with E-state index < -0.39 is 13.5 Å². The third-order valence-electron chi connectivity index (χ3n) is 2.63. The predicted octanol–water partition coefficient (Wildman–Crippen LogP) is 1.74. The van der Waals surface area contributed by atoms with Gasteiger partial charge < -0.3 is 23.3 Å². The van der Waals surface area contributed by atoms with E-state index >= 15 is 0 Å². The maximum atomic E-state index is 5.81. The summed E-state index contributed by atoms with van der Waals surface area (Å²) >= 11 is 5.81. The highest BCUT2D eigenvalue weighted by Gasteiger charge is 2.57. The summed E-state index contributed by atoms with van der Waals surface area (Å²) in [5, 5.41) is 0. The zero-order chi connectivity index (χ0) is 10.6. The Morgan fingerprint density at radius 3 is 2.87 bits per heavy atom. The minimum atomic E-state index is -1.32. The van der Waals surface area contributed by atoms with Gasteiger partial charge in [0.15, 0.2) is 12.1 Å². The second kappa shape index (κ2) is 3.50. The Labute approximate surface area is 93.6 Å². The summed E-state index contributed by atoms with van der Waals surface area (Å²) < 4.78 is 27.6. The number of rotatable bonds is 0. The summed E-state index contributed by atoms with van der Waals surface area (Å²) in [6, 6.07) is 0. The fourth-order valence-electron chi connectivity index (χ4n) is 2.07. The highest BCUT2D eigenvalue weighted by Crippen LogP contribution is 2.53. The number of hydrogen-bond acceptors (Lipinski definition) is 5. The van der Waals surface area contributed by atoms with Gasteiger partial charge in [0.25, 0.3) is 7.73 Å². The van der Waals surface area contributed by atoms with Crippen molar-refractivity contribution in [2.24, 2.45) is 0 Å². The average molecular weight is 255 g/mol. The van der Waals surface area contributed by atoms with E-state index in [1.807, 2.05) is 13.8 Å². The van der Waals surface area contributed by atoms with Gasteiger partial charge in [-0.2, -0.15) is 0 Å². The second-order valence-electron chi connectivity index (χ2n) is 4.22. The number of halogens is 1. The summed E-state index contributed by atoms with van der Waals surface area (Å²) in [6.07, 6.45) is -0.864. The lowest BCUT2D eigenvalue weighted by atomic mass is 10.1. The molecule has 7 heteroatoms. The van der Waals surface area contributed by atoms with Crippen LogP contribution < -0.4 is 0 Å². The van der Waals surface area contributed by atoms with Crippen molar-refractivity contribution in [2.45, 2.75) is 44.2 Å². The third kappa shape index (κ3) is 1.80. The normalized spacial score (nSPS) is 52.6. The molecule has 3 rings (SSSR count). The van der Waals surface area contributed by atoms with Crippen LogP contribution in [0.4, 0.5) is 0 Å². The molecule has 5 unspecified atom stereocenters. The van der Waals surface area contributed by atoms with Crippen LogP contribution in [0.15, 0.2) is 0 Å². The van der Waals surface area contributed by atoms with Gasteiger partial charge in [0, 0.05) is 0 Å². The molecule has 0 amide bonds. The quantitative estimate of drug-likeness (QED) is 0.616. The van der Waals surface area contributed by atoms with Crippen LogP contribution in [-0.4, -0.2) is 37.0 Å². The average Bonchev–Trinajstić information content (AvgIpc) is 2.58. The number of ether oxygens (including phenoxy) is 3. The number of fused-ring (bicyclic) bond motifs is 3. The van der Waals surface area contributed by atoms with Gasteiger partial charge in [-0.3, -0.25) is 0 Å². The van der Waals surface area contributed by atoms with E-state index in [2.05, 4.69) is 0 Å². The molecular weight excluding hydrogens is 243 g/mol. The van der Waals surface area contributed by atoms with Crippen LogP contribution in [0, 0.1) is 0 Å². The summed E-state index contributed by atoms with van der Waals surface area (Å²) in [4.78, 5) is 0. The van der Waals surface area contributed by atoms with Crippen LogP contribution in [0.1, 0.15) is 13.8 Å². The van der Waals surface area contributed by atoms with Gasteiger partial charge in [-0.1, -0.05) is 0 Å². The Morgan fingerprint density at radius 2 is 2.07 bits per heavy atom. The summed E-state index contributed by atoms with van der Waals surface area (Å²) in [5.41, 5.74) is 0. The first kappa shape index (κ1) is 10.7. The van der Waals surface area contributed by atoms with E-state index in [0.29, 0.717) is 6.61 Å². The van der Waals surface area contributed by atoms with Crippen LogP contribution in [0.25, 0.3) is 0 Å². The molecular formula is C8H12ClO5P. The van der Waals surface area contributed by atoms with Gasteiger partial charge in [0.05, 0.1) is 6.61 Å². The van der Waals surface area contributed by atoms with Gasteiger partial charge in [-0.25, -0.2) is 0 Å². The number of hydrogen-bond donors (Lipinski definition) is 0. The van der Waals surface area contributed by atoms with Gasteiger partial charge in [-0.05, 0) is 25.1 Å². The van der Waals surface area contributed by atoms with Crippen molar-refractivity contribution < 1.29 is 23.3 Å². The van der Waals surface area contributed by atoms with Crippen molar-refractivity contribution in [3.05, 3.63) is 0 Å². The van der Waals surface area contributed by atoms with E-state index in [-0.39, 0.29) is 24.6 Å².